The van der Waals surface area contributed by atoms with Gasteiger partial charge >= 0.3 is 0 Å². The molecule has 0 bridgehead atoms. The molecule has 0 saturated heterocycles. The Bertz CT molecular complexity index is 304. The second-order valence-electron chi connectivity index (χ2n) is 2.60. The molecule has 0 radical (unpaired) electrons. The van der Waals surface area contributed by atoms with Crippen LogP contribution in [0.3, 0.4) is 0 Å². The van der Waals surface area contributed by atoms with E-state index in [1.807, 2.05) is 6.07 Å². The van der Waals surface area contributed by atoms with Crippen LogP contribution >= 0.6 is 0 Å². The van der Waals surface area contributed by atoms with Gasteiger partial charge in [0.2, 0.25) is 6.17 Å². The highest BCUT2D eigenvalue weighted by Gasteiger charge is 2.29. The van der Waals surface area contributed by atoms with Gasteiger partial charge in [0.25, 0.3) is 0 Å². The zero-order valence-corrected chi connectivity index (χ0v) is 6.65. The van der Waals surface area contributed by atoms with E-state index in [4.69, 9.17) is 0 Å². The van der Waals surface area contributed by atoms with Crippen molar-refractivity contribution in [2.75, 3.05) is 0 Å². The molecule has 13 heavy (non-hydrogen) atoms. The molecule has 1 aromatic rings. The molecule has 0 atom stereocenters. The first-order valence-corrected chi connectivity index (χ1v) is 3.72. The van der Waals surface area contributed by atoms with Crippen LogP contribution in [0.2, 0.25) is 0 Å². The normalized spacial score (nSPS) is 17.1. The molecule has 2 N–H and O–H groups in total. The van der Waals surface area contributed by atoms with Crippen LogP contribution in [0.4, 0.5) is 0 Å². The van der Waals surface area contributed by atoms with Crippen molar-refractivity contribution < 1.29 is 10.4 Å². The Hall–Kier alpha value is -1.66. The Morgan fingerprint density at radius 3 is 2.08 bits per heavy atom. The lowest BCUT2D eigenvalue weighted by molar-refractivity contribution is -0.217. The predicted octanol–water partition coefficient (Wildman–Crippen LogP) is 1.36. The molecule has 1 heterocycles. The highest BCUT2D eigenvalue weighted by Crippen LogP contribution is 2.26. The molecule has 0 saturated carbocycles. The van der Waals surface area contributed by atoms with Gasteiger partial charge in [-0.3, -0.25) is 10.4 Å². The van der Waals surface area contributed by atoms with Crippen molar-refractivity contribution in [1.29, 1.82) is 0 Å². The van der Waals surface area contributed by atoms with Gasteiger partial charge in [0, 0.05) is 5.56 Å². The topological polar surface area (TPSA) is 71.7 Å². The molecule has 0 aliphatic carbocycles. The van der Waals surface area contributed by atoms with Gasteiger partial charge in [0.1, 0.15) is 0 Å². The number of benzene rings is 1. The molecular weight excluding hydrogens is 172 g/mol. The number of nitrogens with zero attached hydrogens (tertiary/aromatic N) is 4. The molecular formula is C7H8N4O2. The van der Waals surface area contributed by atoms with E-state index in [2.05, 4.69) is 10.4 Å². The average molecular weight is 180 g/mol. The second-order valence-corrected chi connectivity index (χ2v) is 2.60. The summed E-state index contributed by atoms with van der Waals surface area (Å²) in [7, 11) is 0. The van der Waals surface area contributed by atoms with E-state index in [0.717, 1.165) is 0 Å². The van der Waals surface area contributed by atoms with Crippen LogP contribution in [0, 0.1) is 0 Å². The van der Waals surface area contributed by atoms with Crippen molar-refractivity contribution in [3.05, 3.63) is 35.9 Å². The molecule has 0 amide bonds. The Morgan fingerprint density at radius 1 is 1.00 bits per heavy atom. The van der Waals surface area contributed by atoms with Crippen LogP contribution in [0.15, 0.2) is 40.8 Å². The lowest BCUT2D eigenvalue weighted by Gasteiger charge is -2.18. The molecule has 1 aromatic carbocycles. The largest absolute Gasteiger partial charge is 0.268 e. The number of hydrogen-bond donors (Lipinski definition) is 2. The standard InChI is InChI=1S/C7H8N4O2/c12-10-7(11(13)9-8-10)6-4-2-1-3-5-6/h1-5,7,12-13H. The first-order valence-electron chi connectivity index (χ1n) is 3.72. The zero-order valence-electron chi connectivity index (χ0n) is 6.65. The lowest BCUT2D eigenvalue weighted by Crippen LogP contribution is -2.25. The van der Waals surface area contributed by atoms with Crippen molar-refractivity contribution in [1.82, 2.24) is 10.3 Å². The molecule has 68 valence electrons. The fourth-order valence-electron chi connectivity index (χ4n) is 1.16. The smallest absolute Gasteiger partial charge is 0.218 e. The Balaban J connectivity index is 2.27. The van der Waals surface area contributed by atoms with Gasteiger partial charge in [0.05, 0.1) is 0 Å². The van der Waals surface area contributed by atoms with E-state index in [1.165, 1.54) is 0 Å². The van der Waals surface area contributed by atoms with Crippen LogP contribution in [-0.2, 0) is 0 Å². The van der Waals surface area contributed by atoms with Crippen LogP contribution in [0.5, 0.6) is 0 Å². The van der Waals surface area contributed by atoms with Crippen molar-refractivity contribution in [3.8, 4) is 0 Å². The zero-order chi connectivity index (χ0) is 9.26. The SMILES string of the molecule is ON1N=NN(O)C1c1ccccc1. The third kappa shape index (κ3) is 1.32. The van der Waals surface area contributed by atoms with Gasteiger partial charge in [0.15, 0.2) is 0 Å². The summed E-state index contributed by atoms with van der Waals surface area (Å²) in [6.07, 6.45) is -0.749. The minimum atomic E-state index is -0.749. The summed E-state index contributed by atoms with van der Waals surface area (Å²) < 4.78 is 0. The summed E-state index contributed by atoms with van der Waals surface area (Å²) in [5, 5.41) is 26.1. The third-order valence-corrected chi connectivity index (χ3v) is 1.76. The lowest BCUT2D eigenvalue weighted by atomic mass is 10.2. The first kappa shape index (κ1) is 7.96. The average Bonchev–Trinajstić information content (AvgIpc) is 2.48. The van der Waals surface area contributed by atoms with Gasteiger partial charge in [-0.2, -0.15) is 0 Å². The summed E-state index contributed by atoms with van der Waals surface area (Å²) in [4.78, 5) is 0. The van der Waals surface area contributed by atoms with E-state index in [1.54, 1.807) is 24.3 Å². The van der Waals surface area contributed by atoms with E-state index in [9.17, 15) is 10.4 Å². The minimum Gasteiger partial charge on any atom is -0.268 e. The highest BCUT2D eigenvalue weighted by molar-refractivity contribution is 5.17. The maximum absolute atomic E-state index is 9.18. The summed E-state index contributed by atoms with van der Waals surface area (Å²) in [6.45, 7) is 0. The molecule has 6 nitrogen and oxygen atoms in total. The van der Waals surface area contributed by atoms with Crippen molar-refractivity contribution in [2.24, 2.45) is 10.4 Å². The van der Waals surface area contributed by atoms with Gasteiger partial charge < -0.3 is 0 Å². The van der Waals surface area contributed by atoms with Crippen molar-refractivity contribution in [2.45, 2.75) is 6.17 Å². The molecule has 0 fully saturated rings. The van der Waals surface area contributed by atoms with E-state index < -0.39 is 6.17 Å². The molecule has 1 aliphatic heterocycles. The van der Waals surface area contributed by atoms with Gasteiger partial charge in [-0.25, -0.2) is 0 Å². The Kier molecular flexibility index (Phi) is 1.84. The van der Waals surface area contributed by atoms with Gasteiger partial charge in [-0.1, -0.05) is 30.3 Å². The quantitative estimate of drug-likeness (QED) is 0.684. The minimum absolute atomic E-state index is 0.593. The summed E-state index contributed by atoms with van der Waals surface area (Å²) in [6, 6.07) is 8.96. The van der Waals surface area contributed by atoms with Crippen LogP contribution in [0.1, 0.15) is 11.7 Å². The van der Waals surface area contributed by atoms with Gasteiger partial charge in [-0.15, -0.1) is 10.3 Å². The second kappa shape index (κ2) is 3.00. The Morgan fingerprint density at radius 2 is 1.54 bits per heavy atom. The third-order valence-electron chi connectivity index (χ3n) is 1.76. The predicted molar refractivity (Wildman–Crippen MR) is 41.3 cm³/mol. The fraction of sp³-hybridized carbons (Fsp3) is 0.143. The van der Waals surface area contributed by atoms with Crippen LogP contribution in [-0.4, -0.2) is 20.8 Å². The maximum atomic E-state index is 9.18. The summed E-state index contributed by atoms with van der Waals surface area (Å²) >= 11 is 0. The van der Waals surface area contributed by atoms with E-state index in [0.29, 0.717) is 15.9 Å². The number of hydrogen-bond acceptors (Lipinski definition) is 6. The van der Waals surface area contributed by atoms with Gasteiger partial charge in [-0.05, 0) is 10.4 Å². The first-order chi connectivity index (χ1) is 6.29. The number of rotatable bonds is 1. The molecule has 0 unspecified atom stereocenters. The molecule has 0 spiro atoms. The molecule has 2 rings (SSSR count). The van der Waals surface area contributed by atoms with Crippen LogP contribution in [0.25, 0.3) is 0 Å². The van der Waals surface area contributed by atoms with E-state index in [-0.39, 0.29) is 0 Å². The fourth-order valence-corrected chi connectivity index (χ4v) is 1.16. The molecule has 1 aliphatic rings. The molecule has 6 heteroatoms. The molecule has 0 aromatic heterocycles. The van der Waals surface area contributed by atoms with Crippen molar-refractivity contribution in [3.63, 3.8) is 0 Å². The summed E-state index contributed by atoms with van der Waals surface area (Å²) in [5.41, 5.74) is 0.706. The monoisotopic (exact) mass is 180 g/mol. The van der Waals surface area contributed by atoms with Crippen LogP contribution < -0.4 is 0 Å². The highest BCUT2D eigenvalue weighted by atomic mass is 16.6. The Labute approximate surface area is 74.2 Å². The maximum Gasteiger partial charge on any atom is 0.218 e. The van der Waals surface area contributed by atoms with Crippen molar-refractivity contribution >= 4 is 0 Å². The van der Waals surface area contributed by atoms with E-state index >= 15 is 0 Å². The number of hydroxylamine groups is 2. The summed E-state index contributed by atoms with van der Waals surface area (Å²) in [5.74, 6) is 0.